The van der Waals surface area contributed by atoms with E-state index in [1.54, 1.807) is 0 Å². The molecule has 2 aliphatic rings. The lowest BCUT2D eigenvalue weighted by molar-refractivity contribution is 0.105. The monoisotopic (exact) mass is 181 g/mol. The van der Waals surface area contributed by atoms with E-state index in [2.05, 4.69) is 11.9 Å². The summed E-state index contributed by atoms with van der Waals surface area (Å²) in [6, 6.07) is 0. The van der Waals surface area contributed by atoms with Gasteiger partial charge in [0.2, 0.25) is 0 Å². The van der Waals surface area contributed by atoms with Gasteiger partial charge in [0.15, 0.2) is 0 Å². The van der Waals surface area contributed by atoms with Gasteiger partial charge in [-0.3, -0.25) is 0 Å². The van der Waals surface area contributed by atoms with E-state index < -0.39 is 0 Å². The molecule has 0 radical (unpaired) electrons. The molecule has 76 valence electrons. The second-order valence-corrected chi connectivity index (χ2v) is 5.22. The topological polar surface area (TPSA) is 3.24 Å². The molecular formula is C12H23N. The number of nitrogens with zero attached hydrogens (tertiary/aromatic N) is 1. The Kier molecular flexibility index (Phi) is 2.92. The van der Waals surface area contributed by atoms with Crippen molar-refractivity contribution in [1.29, 1.82) is 0 Å². The molecule has 0 amide bonds. The van der Waals surface area contributed by atoms with Crippen LogP contribution in [0.5, 0.6) is 0 Å². The number of rotatable bonds is 0. The molecule has 0 aromatic heterocycles. The fourth-order valence-electron chi connectivity index (χ4n) is 3.07. The van der Waals surface area contributed by atoms with Crippen LogP contribution in [0.25, 0.3) is 0 Å². The predicted molar refractivity (Wildman–Crippen MR) is 56.9 cm³/mol. The summed E-state index contributed by atoms with van der Waals surface area (Å²) in [6.07, 6.45) is 12.0. The highest BCUT2D eigenvalue weighted by Crippen LogP contribution is 2.43. The molecule has 1 heteroatoms. The van der Waals surface area contributed by atoms with Crippen LogP contribution in [0, 0.1) is 5.41 Å². The Balaban J connectivity index is 1.93. The summed E-state index contributed by atoms with van der Waals surface area (Å²) in [5.74, 6) is 0. The van der Waals surface area contributed by atoms with Gasteiger partial charge >= 0.3 is 0 Å². The number of hydrogen-bond donors (Lipinski definition) is 0. The molecule has 0 bridgehead atoms. The van der Waals surface area contributed by atoms with Crippen molar-refractivity contribution in [3.8, 4) is 0 Å². The maximum absolute atomic E-state index is 2.50. The van der Waals surface area contributed by atoms with Crippen molar-refractivity contribution in [2.75, 3.05) is 20.1 Å². The molecule has 0 aromatic rings. The molecule has 1 nitrogen and oxygen atoms in total. The summed E-state index contributed by atoms with van der Waals surface area (Å²) in [6.45, 7) is 2.69. The number of piperidine rings is 1. The standard InChI is InChI=1S/C12H23N/c1-13-10-8-12(9-11-13)6-4-2-3-5-7-12/h2-11H2,1H3. The van der Waals surface area contributed by atoms with E-state index >= 15 is 0 Å². The molecule has 1 saturated heterocycles. The maximum Gasteiger partial charge on any atom is -0.00165 e. The smallest absolute Gasteiger partial charge is 0.00165 e. The quantitative estimate of drug-likeness (QED) is 0.555. The zero-order valence-corrected chi connectivity index (χ0v) is 9.02. The highest BCUT2D eigenvalue weighted by atomic mass is 15.1. The Labute approximate surface area is 82.5 Å². The van der Waals surface area contributed by atoms with E-state index in [0.717, 1.165) is 5.41 Å². The molecule has 0 aromatic carbocycles. The van der Waals surface area contributed by atoms with Gasteiger partial charge in [0.1, 0.15) is 0 Å². The zero-order valence-electron chi connectivity index (χ0n) is 9.02. The van der Waals surface area contributed by atoms with Crippen LogP contribution in [0.2, 0.25) is 0 Å². The average Bonchev–Trinajstić information content (AvgIpc) is 2.37. The highest BCUT2D eigenvalue weighted by Gasteiger charge is 2.33. The van der Waals surface area contributed by atoms with Crippen LogP contribution in [-0.4, -0.2) is 25.0 Å². The van der Waals surface area contributed by atoms with Crippen molar-refractivity contribution < 1.29 is 0 Å². The van der Waals surface area contributed by atoms with Crippen LogP contribution >= 0.6 is 0 Å². The molecule has 1 aliphatic heterocycles. The first-order valence-corrected chi connectivity index (χ1v) is 5.99. The minimum atomic E-state index is 0.781. The number of likely N-dealkylation sites (tertiary alicyclic amines) is 1. The van der Waals surface area contributed by atoms with E-state index in [0.29, 0.717) is 0 Å². The van der Waals surface area contributed by atoms with Gasteiger partial charge in [-0.15, -0.1) is 0 Å². The molecular weight excluding hydrogens is 158 g/mol. The van der Waals surface area contributed by atoms with E-state index in [1.165, 1.54) is 64.5 Å². The lowest BCUT2D eigenvalue weighted by atomic mass is 9.73. The second-order valence-electron chi connectivity index (χ2n) is 5.22. The minimum Gasteiger partial charge on any atom is -0.306 e. The van der Waals surface area contributed by atoms with Crippen molar-refractivity contribution in [1.82, 2.24) is 4.90 Å². The van der Waals surface area contributed by atoms with Crippen LogP contribution in [-0.2, 0) is 0 Å². The maximum atomic E-state index is 2.50. The molecule has 1 saturated carbocycles. The van der Waals surface area contributed by atoms with Gasteiger partial charge in [0.05, 0.1) is 0 Å². The largest absolute Gasteiger partial charge is 0.306 e. The molecule has 1 spiro atoms. The normalized spacial score (nSPS) is 30.2. The van der Waals surface area contributed by atoms with Gasteiger partial charge in [-0.2, -0.15) is 0 Å². The van der Waals surface area contributed by atoms with Gasteiger partial charge in [-0.1, -0.05) is 25.7 Å². The van der Waals surface area contributed by atoms with Crippen molar-refractivity contribution >= 4 is 0 Å². The van der Waals surface area contributed by atoms with E-state index in [4.69, 9.17) is 0 Å². The van der Waals surface area contributed by atoms with E-state index in [1.807, 2.05) is 0 Å². The van der Waals surface area contributed by atoms with Gasteiger partial charge < -0.3 is 4.90 Å². The summed E-state index contributed by atoms with van der Waals surface area (Å²) in [7, 11) is 2.27. The summed E-state index contributed by atoms with van der Waals surface area (Å²) in [5.41, 5.74) is 0.781. The first-order valence-electron chi connectivity index (χ1n) is 5.99. The van der Waals surface area contributed by atoms with Crippen molar-refractivity contribution in [3.05, 3.63) is 0 Å². The molecule has 2 rings (SSSR count). The Hall–Kier alpha value is -0.0400. The molecule has 1 heterocycles. The minimum absolute atomic E-state index is 0.781. The summed E-state index contributed by atoms with van der Waals surface area (Å²) < 4.78 is 0. The summed E-state index contributed by atoms with van der Waals surface area (Å²) in [5, 5.41) is 0. The van der Waals surface area contributed by atoms with Crippen LogP contribution in [0.15, 0.2) is 0 Å². The Morgan fingerprint density at radius 1 is 0.769 bits per heavy atom. The Morgan fingerprint density at radius 3 is 1.85 bits per heavy atom. The Bertz CT molecular complexity index is 147. The van der Waals surface area contributed by atoms with E-state index in [-0.39, 0.29) is 0 Å². The molecule has 1 aliphatic carbocycles. The fraction of sp³-hybridized carbons (Fsp3) is 1.00. The Morgan fingerprint density at radius 2 is 1.31 bits per heavy atom. The third-order valence-electron chi connectivity index (χ3n) is 4.21. The highest BCUT2D eigenvalue weighted by molar-refractivity contribution is 4.86. The third kappa shape index (κ3) is 2.25. The lowest BCUT2D eigenvalue weighted by Crippen LogP contribution is -2.37. The van der Waals surface area contributed by atoms with Crippen molar-refractivity contribution in [2.45, 2.75) is 51.4 Å². The molecule has 13 heavy (non-hydrogen) atoms. The summed E-state index contributed by atoms with van der Waals surface area (Å²) >= 11 is 0. The van der Waals surface area contributed by atoms with Gasteiger partial charge in [-0.05, 0) is 51.2 Å². The molecule has 0 unspecified atom stereocenters. The fourth-order valence-corrected chi connectivity index (χ4v) is 3.07. The van der Waals surface area contributed by atoms with Crippen molar-refractivity contribution in [3.63, 3.8) is 0 Å². The third-order valence-corrected chi connectivity index (χ3v) is 4.21. The second kappa shape index (κ2) is 4.00. The molecule has 0 atom stereocenters. The SMILES string of the molecule is CN1CCC2(CCCCCC2)CC1. The van der Waals surface area contributed by atoms with Crippen LogP contribution in [0.1, 0.15) is 51.4 Å². The lowest BCUT2D eigenvalue weighted by Gasteiger charge is -2.40. The van der Waals surface area contributed by atoms with E-state index in [9.17, 15) is 0 Å². The zero-order chi connectivity index (χ0) is 9.15. The van der Waals surface area contributed by atoms with Crippen molar-refractivity contribution in [2.24, 2.45) is 5.41 Å². The first kappa shape index (κ1) is 9.51. The average molecular weight is 181 g/mol. The van der Waals surface area contributed by atoms with Gasteiger partial charge in [0.25, 0.3) is 0 Å². The van der Waals surface area contributed by atoms with Gasteiger partial charge in [-0.25, -0.2) is 0 Å². The van der Waals surface area contributed by atoms with Crippen LogP contribution < -0.4 is 0 Å². The first-order chi connectivity index (χ1) is 6.31. The molecule has 0 N–H and O–H groups in total. The van der Waals surface area contributed by atoms with Gasteiger partial charge in [0, 0.05) is 0 Å². The van der Waals surface area contributed by atoms with Crippen LogP contribution in [0.3, 0.4) is 0 Å². The van der Waals surface area contributed by atoms with Crippen LogP contribution in [0.4, 0.5) is 0 Å². The number of hydrogen-bond acceptors (Lipinski definition) is 1. The molecule has 2 fully saturated rings. The summed E-state index contributed by atoms with van der Waals surface area (Å²) in [4.78, 5) is 2.50. The predicted octanol–water partition coefficient (Wildman–Crippen LogP) is 3.05.